The Kier molecular flexibility index (Phi) is 4.15. The van der Waals surface area contributed by atoms with Gasteiger partial charge >= 0.3 is 0 Å². The fourth-order valence-corrected chi connectivity index (χ4v) is 1.97. The Morgan fingerprint density at radius 1 is 1.35 bits per heavy atom. The summed E-state index contributed by atoms with van der Waals surface area (Å²) in [4.78, 5) is 24.1. The highest BCUT2D eigenvalue weighted by Gasteiger charge is 2.12. The lowest BCUT2D eigenvalue weighted by Crippen LogP contribution is -2.31. The summed E-state index contributed by atoms with van der Waals surface area (Å²) in [6, 6.07) is 11.2. The molecule has 4 heteroatoms. The van der Waals surface area contributed by atoms with Gasteiger partial charge in [0.25, 0.3) is 11.5 Å². The van der Waals surface area contributed by atoms with E-state index >= 15 is 0 Å². The van der Waals surface area contributed by atoms with Crippen LogP contribution >= 0.6 is 0 Å². The molecule has 0 saturated heterocycles. The van der Waals surface area contributed by atoms with Gasteiger partial charge in [0.2, 0.25) is 0 Å². The van der Waals surface area contributed by atoms with E-state index in [0.29, 0.717) is 6.54 Å². The Balaban J connectivity index is 2.50. The molecule has 2 aromatic rings. The molecular weight excluding hydrogens is 252 g/mol. The second-order valence-electron chi connectivity index (χ2n) is 4.39. The third-order valence-electron chi connectivity index (χ3n) is 3.01. The average molecular weight is 268 g/mol. The zero-order valence-corrected chi connectivity index (χ0v) is 11.3. The molecule has 1 amide bonds. The zero-order valence-electron chi connectivity index (χ0n) is 11.3. The molecule has 0 radical (unpaired) electrons. The van der Waals surface area contributed by atoms with E-state index < -0.39 is 0 Å². The summed E-state index contributed by atoms with van der Waals surface area (Å²) in [6.07, 6.45) is 3.32. The number of benzene rings is 1. The number of hydrogen-bond donors (Lipinski definition) is 1. The molecule has 1 N–H and O–H groups in total. The monoisotopic (exact) mass is 268 g/mol. The maximum Gasteiger partial charge on any atom is 0.263 e. The van der Waals surface area contributed by atoms with E-state index in [1.54, 1.807) is 18.3 Å². The molecule has 0 saturated carbocycles. The van der Waals surface area contributed by atoms with E-state index in [1.165, 1.54) is 11.6 Å². The van der Waals surface area contributed by atoms with Crippen LogP contribution in [0.2, 0.25) is 0 Å². The van der Waals surface area contributed by atoms with Crippen LogP contribution in [0, 0.1) is 0 Å². The van der Waals surface area contributed by atoms with Crippen molar-refractivity contribution in [2.45, 2.75) is 6.54 Å². The lowest BCUT2D eigenvalue weighted by molar-refractivity contribution is 0.0961. The molecule has 102 valence electrons. The Labute approximate surface area is 117 Å². The lowest BCUT2D eigenvalue weighted by atomic mass is 10.1. The molecule has 0 bridgehead atoms. The predicted molar refractivity (Wildman–Crippen MR) is 79.7 cm³/mol. The molecule has 0 fully saturated rings. The number of nitrogens with zero attached hydrogens (tertiary/aromatic N) is 1. The summed E-state index contributed by atoms with van der Waals surface area (Å²) < 4.78 is 1.52. The molecule has 0 aliphatic heterocycles. The number of rotatable bonds is 4. The fraction of sp³-hybridized carbons (Fsp3) is 0.125. The van der Waals surface area contributed by atoms with Crippen LogP contribution < -0.4 is 10.9 Å². The normalized spacial score (nSPS) is 10.1. The van der Waals surface area contributed by atoms with Gasteiger partial charge in [-0.05, 0) is 17.2 Å². The number of hydrogen-bond acceptors (Lipinski definition) is 2. The molecule has 1 heterocycles. The van der Waals surface area contributed by atoms with Crippen LogP contribution in [0.5, 0.6) is 0 Å². The molecule has 1 aromatic heterocycles. The molecule has 4 nitrogen and oxygen atoms in total. The lowest BCUT2D eigenvalue weighted by Gasteiger charge is -2.10. The van der Waals surface area contributed by atoms with Crippen molar-refractivity contribution in [2.24, 2.45) is 0 Å². The first-order valence-electron chi connectivity index (χ1n) is 6.28. The van der Waals surface area contributed by atoms with E-state index in [4.69, 9.17) is 0 Å². The third kappa shape index (κ3) is 2.85. The molecule has 0 unspecified atom stereocenters. The van der Waals surface area contributed by atoms with Crippen molar-refractivity contribution in [3.63, 3.8) is 0 Å². The van der Waals surface area contributed by atoms with E-state index in [0.717, 1.165) is 11.1 Å². The fourth-order valence-electron chi connectivity index (χ4n) is 1.97. The number of aromatic nitrogens is 1. The van der Waals surface area contributed by atoms with Crippen molar-refractivity contribution >= 4 is 12.0 Å². The van der Waals surface area contributed by atoms with Crippen molar-refractivity contribution in [3.8, 4) is 0 Å². The SMILES string of the molecule is C=Cc1cc(C(=O)NC)c(=O)n(Cc2ccccc2)c1. The molecule has 20 heavy (non-hydrogen) atoms. The highest BCUT2D eigenvalue weighted by atomic mass is 16.2. The standard InChI is InChI=1S/C16H16N2O2/c1-3-12-9-14(15(19)17-2)16(20)18(10-12)11-13-7-5-4-6-8-13/h3-10H,1,11H2,2H3,(H,17,19). The summed E-state index contributed by atoms with van der Waals surface area (Å²) in [6.45, 7) is 4.11. The van der Waals surface area contributed by atoms with Gasteiger partial charge in [-0.15, -0.1) is 0 Å². The molecule has 0 atom stereocenters. The van der Waals surface area contributed by atoms with E-state index in [-0.39, 0.29) is 17.0 Å². The minimum atomic E-state index is -0.388. The van der Waals surface area contributed by atoms with Gasteiger partial charge in [-0.1, -0.05) is 43.0 Å². The highest BCUT2D eigenvalue weighted by Crippen LogP contribution is 2.06. The third-order valence-corrected chi connectivity index (χ3v) is 3.01. The maximum atomic E-state index is 12.3. The van der Waals surface area contributed by atoms with Crippen LogP contribution in [0.1, 0.15) is 21.5 Å². The highest BCUT2D eigenvalue weighted by molar-refractivity contribution is 5.94. The van der Waals surface area contributed by atoms with Gasteiger partial charge in [0.1, 0.15) is 5.56 Å². The van der Waals surface area contributed by atoms with Crippen LogP contribution in [0.3, 0.4) is 0 Å². The second kappa shape index (κ2) is 6.02. The molecular formula is C16H16N2O2. The minimum Gasteiger partial charge on any atom is -0.355 e. The molecule has 1 aromatic carbocycles. The zero-order chi connectivity index (χ0) is 14.5. The van der Waals surface area contributed by atoms with Crippen LogP contribution in [0.15, 0.2) is 54.0 Å². The van der Waals surface area contributed by atoms with Crippen molar-refractivity contribution < 1.29 is 4.79 Å². The first kappa shape index (κ1) is 13.8. The number of nitrogens with one attached hydrogen (secondary N) is 1. The van der Waals surface area contributed by atoms with Gasteiger partial charge in [0.05, 0.1) is 6.54 Å². The average Bonchev–Trinajstić information content (AvgIpc) is 2.49. The quantitative estimate of drug-likeness (QED) is 0.920. The Morgan fingerprint density at radius 3 is 2.65 bits per heavy atom. The van der Waals surface area contributed by atoms with Crippen molar-refractivity contribution in [2.75, 3.05) is 7.05 Å². The Hall–Kier alpha value is -2.62. The summed E-state index contributed by atoms with van der Waals surface area (Å²) in [7, 11) is 1.50. The van der Waals surface area contributed by atoms with Crippen LogP contribution in [-0.2, 0) is 6.54 Å². The van der Waals surface area contributed by atoms with Gasteiger partial charge in [-0.25, -0.2) is 0 Å². The predicted octanol–water partition coefficient (Wildman–Crippen LogP) is 1.90. The first-order valence-corrected chi connectivity index (χ1v) is 6.28. The smallest absolute Gasteiger partial charge is 0.263 e. The number of carbonyl (C=O) groups excluding carboxylic acids is 1. The summed E-state index contributed by atoms with van der Waals surface area (Å²) in [5, 5.41) is 2.48. The number of amides is 1. The molecule has 0 aliphatic rings. The van der Waals surface area contributed by atoms with E-state index in [1.807, 2.05) is 30.3 Å². The first-order chi connectivity index (χ1) is 9.65. The molecule has 2 rings (SSSR count). The summed E-state index contributed by atoms with van der Waals surface area (Å²) in [5.74, 6) is -0.388. The number of carbonyl (C=O) groups is 1. The minimum absolute atomic E-state index is 0.126. The van der Waals surface area contributed by atoms with Crippen LogP contribution in [-0.4, -0.2) is 17.5 Å². The van der Waals surface area contributed by atoms with Crippen molar-refractivity contribution in [1.29, 1.82) is 0 Å². The van der Waals surface area contributed by atoms with Crippen molar-refractivity contribution in [3.05, 3.63) is 76.2 Å². The van der Waals surface area contributed by atoms with Gasteiger partial charge in [0, 0.05) is 13.2 Å². The van der Waals surface area contributed by atoms with E-state index in [2.05, 4.69) is 11.9 Å². The van der Waals surface area contributed by atoms with Gasteiger partial charge in [-0.3, -0.25) is 9.59 Å². The summed E-state index contributed by atoms with van der Waals surface area (Å²) >= 11 is 0. The maximum absolute atomic E-state index is 12.3. The Bertz CT molecular complexity index is 687. The molecule has 0 aliphatic carbocycles. The second-order valence-corrected chi connectivity index (χ2v) is 4.39. The van der Waals surface area contributed by atoms with Gasteiger partial charge in [0.15, 0.2) is 0 Å². The van der Waals surface area contributed by atoms with Crippen LogP contribution in [0.25, 0.3) is 6.08 Å². The molecule has 0 spiro atoms. The van der Waals surface area contributed by atoms with E-state index in [9.17, 15) is 9.59 Å². The topological polar surface area (TPSA) is 51.1 Å². The Morgan fingerprint density at radius 2 is 2.05 bits per heavy atom. The van der Waals surface area contributed by atoms with Gasteiger partial charge in [-0.2, -0.15) is 0 Å². The summed E-state index contributed by atoms with van der Waals surface area (Å²) in [5.41, 5.74) is 1.55. The number of pyridine rings is 1. The van der Waals surface area contributed by atoms with Crippen molar-refractivity contribution in [1.82, 2.24) is 9.88 Å². The van der Waals surface area contributed by atoms with Gasteiger partial charge < -0.3 is 9.88 Å². The largest absolute Gasteiger partial charge is 0.355 e. The van der Waals surface area contributed by atoms with Crippen LogP contribution in [0.4, 0.5) is 0 Å².